The summed E-state index contributed by atoms with van der Waals surface area (Å²) in [6, 6.07) is 0. The Morgan fingerprint density at radius 1 is 1.10 bits per heavy atom. The molecule has 0 bridgehead atoms. The normalized spacial score (nSPS) is 47.1. The zero-order valence-corrected chi connectivity index (χ0v) is 19.3. The van der Waals surface area contributed by atoms with Gasteiger partial charge in [-0.25, -0.2) is 0 Å². The lowest BCUT2D eigenvalue weighted by molar-refractivity contribution is -0.133. The summed E-state index contributed by atoms with van der Waals surface area (Å²) in [7, 11) is 0. The van der Waals surface area contributed by atoms with Gasteiger partial charge in [0.15, 0.2) is 0 Å². The third kappa shape index (κ3) is 2.97. The SMILES string of the molecule is CCn1cc(/C=C2/C[C@H]3[C@@H]4CC[C@H]5C[C@H](O)CC[C@]5(C)[C@H]4CC[C@]3(C)[C@@H]2O)c(C)n1. The third-order valence-corrected chi connectivity index (χ3v) is 10.2. The summed E-state index contributed by atoms with van der Waals surface area (Å²) < 4.78 is 1.99. The van der Waals surface area contributed by atoms with E-state index in [2.05, 4.69) is 45.1 Å². The molecule has 166 valence electrons. The topological polar surface area (TPSA) is 58.3 Å². The molecule has 4 aliphatic rings. The van der Waals surface area contributed by atoms with Gasteiger partial charge >= 0.3 is 0 Å². The number of aliphatic hydroxyl groups excluding tert-OH is 2. The maximum absolute atomic E-state index is 11.5. The van der Waals surface area contributed by atoms with Crippen molar-refractivity contribution < 1.29 is 10.2 Å². The Hall–Kier alpha value is -1.13. The first-order valence-electron chi connectivity index (χ1n) is 12.4. The Morgan fingerprint density at radius 3 is 2.60 bits per heavy atom. The number of rotatable bonds is 2. The van der Waals surface area contributed by atoms with E-state index in [1.807, 2.05) is 4.68 Å². The molecule has 1 aromatic heterocycles. The van der Waals surface area contributed by atoms with Crippen molar-refractivity contribution in [2.75, 3.05) is 0 Å². The average Bonchev–Trinajstić information content (AvgIpc) is 3.20. The maximum Gasteiger partial charge on any atom is 0.0809 e. The molecule has 4 aliphatic carbocycles. The van der Waals surface area contributed by atoms with Gasteiger partial charge in [-0.1, -0.05) is 13.8 Å². The zero-order valence-electron chi connectivity index (χ0n) is 19.3. The van der Waals surface area contributed by atoms with Crippen molar-refractivity contribution in [2.45, 2.75) is 97.8 Å². The van der Waals surface area contributed by atoms with Crippen LogP contribution < -0.4 is 0 Å². The van der Waals surface area contributed by atoms with Gasteiger partial charge in [-0.15, -0.1) is 0 Å². The fourth-order valence-electron chi connectivity index (χ4n) is 8.27. The highest BCUT2D eigenvalue weighted by Gasteiger charge is 2.61. The number of nitrogens with zero attached hydrogens (tertiary/aromatic N) is 2. The molecule has 30 heavy (non-hydrogen) atoms. The summed E-state index contributed by atoms with van der Waals surface area (Å²) in [5, 5.41) is 26.3. The second-order valence-electron chi connectivity index (χ2n) is 11.5. The van der Waals surface area contributed by atoms with E-state index in [9.17, 15) is 10.2 Å². The van der Waals surface area contributed by atoms with Crippen LogP contribution in [0.4, 0.5) is 0 Å². The van der Waals surface area contributed by atoms with Crippen LogP contribution in [0.15, 0.2) is 11.8 Å². The molecule has 4 fully saturated rings. The predicted molar refractivity (Wildman–Crippen MR) is 120 cm³/mol. The summed E-state index contributed by atoms with van der Waals surface area (Å²) in [6.07, 6.45) is 13.1. The molecule has 0 spiro atoms. The van der Waals surface area contributed by atoms with Gasteiger partial charge in [0, 0.05) is 23.7 Å². The molecule has 0 saturated heterocycles. The lowest BCUT2D eigenvalue weighted by Gasteiger charge is -2.60. The van der Waals surface area contributed by atoms with Crippen LogP contribution in [0.3, 0.4) is 0 Å². The minimum Gasteiger partial charge on any atom is -0.393 e. The van der Waals surface area contributed by atoms with E-state index in [-0.39, 0.29) is 17.6 Å². The Kier molecular flexibility index (Phi) is 4.98. The third-order valence-electron chi connectivity index (χ3n) is 10.2. The molecule has 4 saturated carbocycles. The summed E-state index contributed by atoms with van der Waals surface area (Å²) in [5.74, 6) is 2.76. The van der Waals surface area contributed by atoms with Crippen molar-refractivity contribution in [1.29, 1.82) is 0 Å². The van der Waals surface area contributed by atoms with Crippen LogP contribution in [0, 0.1) is 41.4 Å². The van der Waals surface area contributed by atoms with Crippen molar-refractivity contribution in [2.24, 2.45) is 34.5 Å². The standard InChI is InChI=1S/C26H40N2O2/c1-5-28-15-18(16(2)27-28)12-17-13-23-21-7-6-19-14-20(29)8-10-25(19,3)22(21)9-11-26(23,4)24(17)30/h12,15,19-24,29-30H,5-11,13-14H2,1-4H3/b17-12-/t19-,20+,21+,22-,23-,24+,25-,26-/m0/s1. The maximum atomic E-state index is 11.5. The quantitative estimate of drug-likeness (QED) is 0.721. The molecule has 0 aromatic carbocycles. The molecule has 4 nitrogen and oxygen atoms in total. The van der Waals surface area contributed by atoms with Crippen LogP contribution >= 0.6 is 0 Å². The minimum atomic E-state index is -0.327. The van der Waals surface area contributed by atoms with Crippen molar-refractivity contribution in [1.82, 2.24) is 9.78 Å². The van der Waals surface area contributed by atoms with Crippen molar-refractivity contribution in [3.8, 4) is 0 Å². The van der Waals surface area contributed by atoms with E-state index < -0.39 is 0 Å². The monoisotopic (exact) mass is 412 g/mol. The van der Waals surface area contributed by atoms with Gasteiger partial charge in [-0.2, -0.15) is 5.10 Å². The van der Waals surface area contributed by atoms with Gasteiger partial charge in [0.1, 0.15) is 0 Å². The highest BCUT2D eigenvalue weighted by molar-refractivity contribution is 5.56. The molecule has 0 aliphatic heterocycles. The highest BCUT2D eigenvalue weighted by Crippen LogP contribution is 2.67. The Morgan fingerprint density at radius 2 is 1.87 bits per heavy atom. The van der Waals surface area contributed by atoms with E-state index >= 15 is 0 Å². The van der Waals surface area contributed by atoms with Gasteiger partial charge in [-0.05, 0) is 106 Å². The fraction of sp³-hybridized carbons (Fsp3) is 0.808. The number of aromatic nitrogens is 2. The largest absolute Gasteiger partial charge is 0.393 e. The Bertz CT molecular complexity index is 844. The first-order chi connectivity index (χ1) is 14.3. The number of fused-ring (bicyclic) bond motifs is 5. The Balaban J connectivity index is 1.44. The van der Waals surface area contributed by atoms with Gasteiger partial charge < -0.3 is 10.2 Å². The zero-order chi connectivity index (χ0) is 21.3. The van der Waals surface area contributed by atoms with Crippen LogP contribution in [0.2, 0.25) is 0 Å². The van der Waals surface area contributed by atoms with Gasteiger partial charge in [-0.3, -0.25) is 4.68 Å². The predicted octanol–water partition coefficient (Wildman–Crippen LogP) is 4.97. The van der Waals surface area contributed by atoms with Crippen molar-refractivity contribution in [3.63, 3.8) is 0 Å². The smallest absolute Gasteiger partial charge is 0.0809 e. The average molecular weight is 413 g/mol. The lowest BCUT2D eigenvalue weighted by atomic mass is 9.45. The molecule has 5 rings (SSSR count). The van der Waals surface area contributed by atoms with Gasteiger partial charge in [0.05, 0.1) is 17.9 Å². The molecule has 2 N–H and O–H groups in total. The van der Waals surface area contributed by atoms with Crippen molar-refractivity contribution in [3.05, 3.63) is 23.0 Å². The molecule has 0 radical (unpaired) electrons. The second-order valence-corrected chi connectivity index (χ2v) is 11.5. The first kappa shape index (κ1) is 20.8. The summed E-state index contributed by atoms with van der Waals surface area (Å²) in [6.45, 7) is 9.97. The van der Waals surface area contributed by atoms with Crippen LogP contribution in [0.25, 0.3) is 6.08 Å². The Labute approximate surface area is 181 Å². The van der Waals surface area contributed by atoms with E-state index in [0.717, 1.165) is 49.8 Å². The lowest BCUT2D eigenvalue weighted by Crippen LogP contribution is -2.54. The number of hydrogen-bond acceptors (Lipinski definition) is 3. The minimum absolute atomic E-state index is 0.0129. The molecule has 8 atom stereocenters. The summed E-state index contributed by atoms with van der Waals surface area (Å²) in [4.78, 5) is 0. The number of hydrogen-bond donors (Lipinski definition) is 2. The molecule has 0 amide bonds. The van der Waals surface area contributed by atoms with Crippen LogP contribution in [0.5, 0.6) is 0 Å². The van der Waals surface area contributed by atoms with E-state index in [0.29, 0.717) is 17.3 Å². The molecular formula is C26H40N2O2. The van der Waals surface area contributed by atoms with Crippen LogP contribution in [0.1, 0.15) is 83.4 Å². The molecule has 4 heteroatoms. The number of aryl methyl sites for hydroxylation is 2. The van der Waals surface area contributed by atoms with Gasteiger partial charge in [0.2, 0.25) is 0 Å². The highest BCUT2D eigenvalue weighted by atomic mass is 16.3. The fourth-order valence-corrected chi connectivity index (χ4v) is 8.27. The molecule has 1 aromatic rings. The van der Waals surface area contributed by atoms with Crippen LogP contribution in [-0.4, -0.2) is 32.2 Å². The van der Waals surface area contributed by atoms with Crippen LogP contribution in [-0.2, 0) is 6.54 Å². The molecular weight excluding hydrogens is 372 g/mol. The van der Waals surface area contributed by atoms with E-state index in [4.69, 9.17) is 0 Å². The van der Waals surface area contributed by atoms with Crippen molar-refractivity contribution >= 4 is 6.08 Å². The second kappa shape index (κ2) is 7.20. The van der Waals surface area contributed by atoms with E-state index in [1.54, 1.807) is 0 Å². The molecule has 0 unspecified atom stereocenters. The number of aliphatic hydroxyl groups is 2. The summed E-state index contributed by atoms with van der Waals surface area (Å²) in [5.41, 5.74) is 3.86. The van der Waals surface area contributed by atoms with E-state index in [1.165, 1.54) is 36.8 Å². The van der Waals surface area contributed by atoms with Gasteiger partial charge in [0.25, 0.3) is 0 Å². The first-order valence-corrected chi connectivity index (χ1v) is 12.4. The molecule has 1 heterocycles. The summed E-state index contributed by atoms with van der Waals surface area (Å²) >= 11 is 0.